The van der Waals surface area contributed by atoms with Crippen LogP contribution in [0.3, 0.4) is 0 Å². The first kappa shape index (κ1) is 14.2. The summed E-state index contributed by atoms with van der Waals surface area (Å²) in [6.07, 6.45) is 5.54. The number of hydrogen-bond donors (Lipinski definition) is 1. The molecule has 110 valence electrons. The molecule has 1 atom stereocenters. The molecular weight excluding hydrogens is 260 g/mol. The predicted octanol–water partition coefficient (Wildman–Crippen LogP) is 2.66. The van der Waals surface area contributed by atoms with Crippen LogP contribution in [0.2, 0.25) is 0 Å². The summed E-state index contributed by atoms with van der Waals surface area (Å²) in [6.45, 7) is 2.06. The Labute approximate surface area is 126 Å². The van der Waals surface area contributed by atoms with Gasteiger partial charge in [-0.05, 0) is 50.5 Å². The molecule has 0 spiro atoms. The van der Waals surface area contributed by atoms with Gasteiger partial charge < -0.3 is 10.0 Å². The highest BCUT2D eigenvalue weighted by molar-refractivity contribution is 5.35. The Hall–Kier alpha value is -1.71. The number of hydrogen-bond acceptors (Lipinski definition) is 3. The second-order valence-corrected chi connectivity index (χ2v) is 5.95. The van der Waals surface area contributed by atoms with Crippen LogP contribution in [-0.2, 0) is 5.60 Å². The number of likely N-dealkylation sites (tertiary alicyclic amines) is 1. The van der Waals surface area contributed by atoms with Crippen molar-refractivity contribution in [3.05, 3.63) is 66.0 Å². The lowest BCUT2D eigenvalue weighted by Gasteiger charge is -2.41. The highest BCUT2D eigenvalue weighted by atomic mass is 16.3. The third-order valence-electron chi connectivity index (χ3n) is 4.62. The van der Waals surface area contributed by atoms with Crippen LogP contribution >= 0.6 is 0 Å². The van der Waals surface area contributed by atoms with E-state index in [1.807, 2.05) is 42.5 Å². The average molecular weight is 282 g/mol. The van der Waals surface area contributed by atoms with Crippen LogP contribution in [0.15, 0.2) is 54.9 Å². The molecule has 3 heteroatoms. The lowest BCUT2D eigenvalue weighted by atomic mass is 9.72. The molecule has 0 saturated carbocycles. The second-order valence-electron chi connectivity index (χ2n) is 5.95. The largest absolute Gasteiger partial charge is 0.380 e. The van der Waals surface area contributed by atoms with Crippen molar-refractivity contribution in [2.45, 2.75) is 18.4 Å². The summed E-state index contributed by atoms with van der Waals surface area (Å²) in [6, 6.07) is 13.9. The molecule has 0 amide bonds. The normalized spacial score (nSPS) is 20.1. The Kier molecular flexibility index (Phi) is 4.04. The van der Waals surface area contributed by atoms with Crippen molar-refractivity contribution in [1.29, 1.82) is 0 Å². The van der Waals surface area contributed by atoms with E-state index in [0.717, 1.165) is 37.1 Å². The lowest BCUT2D eigenvalue weighted by molar-refractivity contribution is -0.0111. The zero-order valence-electron chi connectivity index (χ0n) is 12.4. The maximum Gasteiger partial charge on any atom is 0.119 e. The van der Waals surface area contributed by atoms with Crippen LogP contribution in [-0.4, -0.2) is 35.1 Å². The van der Waals surface area contributed by atoms with E-state index < -0.39 is 5.60 Å². The Morgan fingerprint density at radius 1 is 1.05 bits per heavy atom. The SMILES string of the molecule is CN1CCC([C@@](O)(c2ccccc2)c2cccnc2)CC1. The highest BCUT2D eigenvalue weighted by Crippen LogP contribution is 2.41. The van der Waals surface area contributed by atoms with Crippen LogP contribution in [0, 0.1) is 5.92 Å². The minimum absolute atomic E-state index is 0.222. The fraction of sp³-hybridized carbons (Fsp3) is 0.389. The first-order valence-electron chi connectivity index (χ1n) is 7.58. The second kappa shape index (κ2) is 5.96. The molecule has 3 rings (SSSR count). The molecule has 0 radical (unpaired) electrons. The van der Waals surface area contributed by atoms with Crippen LogP contribution in [0.4, 0.5) is 0 Å². The summed E-state index contributed by atoms with van der Waals surface area (Å²) in [5.74, 6) is 0.222. The van der Waals surface area contributed by atoms with Crippen molar-refractivity contribution < 1.29 is 5.11 Å². The molecular formula is C18H22N2O. The van der Waals surface area contributed by atoms with E-state index in [0.29, 0.717) is 0 Å². The maximum absolute atomic E-state index is 11.6. The van der Waals surface area contributed by atoms with Crippen LogP contribution in [0.5, 0.6) is 0 Å². The minimum atomic E-state index is -0.948. The van der Waals surface area contributed by atoms with Gasteiger partial charge in [0.1, 0.15) is 5.60 Å². The van der Waals surface area contributed by atoms with E-state index in [2.05, 4.69) is 16.9 Å². The van der Waals surface area contributed by atoms with Crippen molar-refractivity contribution in [2.24, 2.45) is 5.92 Å². The zero-order valence-corrected chi connectivity index (χ0v) is 12.4. The Balaban J connectivity index is 2.03. The summed E-state index contributed by atoms with van der Waals surface area (Å²) in [4.78, 5) is 6.54. The number of piperidine rings is 1. The number of aliphatic hydroxyl groups is 1. The maximum atomic E-state index is 11.6. The molecule has 1 aromatic heterocycles. The molecule has 1 aromatic carbocycles. The van der Waals surface area contributed by atoms with Crippen LogP contribution in [0.1, 0.15) is 24.0 Å². The standard InChI is InChI=1S/C18H22N2O/c1-20-12-9-16(10-13-20)18(21,15-6-3-2-4-7-15)17-8-5-11-19-14-17/h2-8,11,14,16,21H,9-10,12-13H2,1H3/t18-/m0/s1. The lowest BCUT2D eigenvalue weighted by Crippen LogP contribution is -2.43. The van der Waals surface area contributed by atoms with Gasteiger partial charge in [-0.2, -0.15) is 0 Å². The number of pyridine rings is 1. The van der Waals surface area contributed by atoms with Gasteiger partial charge in [-0.3, -0.25) is 4.98 Å². The molecule has 1 aliphatic heterocycles. The fourth-order valence-electron chi connectivity index (χ4n) is 3.34. The monoisotopic (exact) mass is 282 g/mol. The number of nitrogens with zero attached hydrogens (tertiary/aromatic N) is 2. The van der Waals surface area contributed by atoms with Gasteiger partial charge >= 0.3 is 0 Å². The van der Waals surface area contributed by atoms with Crippen LogP contribution in [0.25, 0.3) is 0 Å². The summed E-state index contributed by atoms with van der Waals surface area (Å²) in [5.41, 5.74) is 0.912. The number of rotatable bonds is 3. The van der Waals surface area contributed by atoms with Gasteiger partial charge in [0.05, 0.1) is 0 Å². The smallest absolute Gasteiger partial charge is 0.119 e. The van der Waals surface area contributed by atoms with E-state index in [4.69, 9.17) is 0 Å². The fourth-order valence-corrected chi connectivity index (χ4v) is 3.34. The van der Waals surface area contributed by atoms with Crippen molar-refractivity contribution in [3.8, 4) is 0 Å². The molecule has 0 bridgehead atoms. The molecule has 2 heterocycles. The predicted molar refractivity (Wildman–Crippen MR) is 83.9 cm³/mol. The third kappa shape index (κ3) is 2.71. The van der Waals surface area contributed by atoms with Gasteiger partial charge in [0.25, 0.3) is 0 Å². The minimum Gasteiger partial charge on any atom is -0.380 e. The first-order chi connectivity index (χ1) is 10.2. The van der Waals surface area contributed by atoms with Gasteiger partial charge in [-0.15, -0.1) is 0 Å². The van der Waals surface area contributed by atoms with Crippen LogP contribution < -0.4 is 0 Å². The Bertz CT molecular complexity index is 523. The van der Waals surface area contributed by atoms with Crippen molar-refractivity contribution in [3.63, 3.8) is 0 Å². The zero-order chi connectivity index (χ0) is 14.7. The summed E-state index contributed by atoms with van der Waals surface area (Å²) in [5, 5.41) is 11.6. The summed E-state index contributed by atoms with van der Waals surface area (Å²) < 4.78 is 0. The number of benzene rings is 1. The van der Waals surface area contributed by atoms with Gasteiger partial charge in [-0.25, -0.2) is 0 Å². The summed E-state index contributed by atoms with van der Waals surface area (Å²) >= 11 is 0. The van der Waals surface area contributed by atoms with E-state index in [1.54, 1.807) is 12.4 Å². The van der Waals surface area contributed by atoms with Gasteiger partial charge in [-0.1, -0.05) is 36.4 Å². The average Bonchev–Trinajstić information content (AvgIpc) is 2.56. The molecule has 1 saturated heterocycles. The van der Waals surface area contributed by atoms with E-state index in [-0.39, 0.29) is 5.92 Å². The Morgan fingerprint density at radius 3 is 2.33 bits per heavy atom. The molecule has 0 unspecified atom stereocenters. The topological polar surface area (TPSA) is 36.4 Å². The molecule has 0 aliphatic carbocycles. The molecule has 1 fully saturated rings. The van der Waals surface area contributed by atoms with Gasteiger partial charge in [0.2, 0.25) is 0 Å². The number of aromatic nitrogens is 1. The summed E-state index contributed by atoms with van der Waals surface area (Å²) in [7, 11) is 2.14. The highest BCUT2D eigenvalue weighted by Gasteiger charge is 2.41. The molecule has 3 nitrogen and oxygen atoms in total. The molecule has 1 N–H and O–H groups in total. The first-order valence-corrected chi connectivity index (χ1v) is 7.58. The Morgan fingerprint density at radius 2 is 1.71 bits per heavy atom. The quantitative estimate of drug-likeness (QED) is 0.940. The van der Waals surface area contributed by atoms with Crippen molar-refractivity contribution in [2.75, 3.05) is 20.1 Å². The van der Waals surface area contributed by atoms with Gasteiger partial charge in [0, 0.05) is 18.0 Å². The molecule has 1 aliphatic rings. The molecule has 2 aromatic rings. The molecule has 21 heavy (non-hydrogen) atoms. The van der Waals surface area contributed by atoms with Gasteiger partial charge in [0.15, 0.2) is 0 Å². The van der Waals surface area contributed by atoms with E-state index in [9.17, 15) is 5.11 Å². The van der Waals surface area contributed by atoms with Crippen molar-refractivity contribution in [1.82, 2.24) is 9.88 Å². The third-order valence-corrected chi connectivity index (χ3v) is 4.62. The van der Waals surface area contributed by atoms with E-state index >= 15 is 0 Å². The van der Waals surface area contributed by atoms with Crippen molar-refractivity contribution >= 4 is 0 Å². The van der Waals surface area contributed by atoms with E-state index in [1.165, 1.54) is 0 Å².